The molecule has 1 aliphatic heterocycles. The van der Waals surface area contributed by atoms with E-state index in [1.54, 1.807) is 13.3 Å². The van der Waals surface area contributed by atoms with Gasteiger partial charge in [-0.3, -0.25) is 0 Å². The number of ether oxygens (including phenoxy) is 2. The summed E-state index contributed by atoms with van der Waals surface area (Å²) in [6.07, 6.45) is 1.82. The van der Waals surface area contributed by atoms with Crippen LogP contribution in [0.4, 0.5) is 14.6 Å². The van der Waals surface area contributed by atoms with Gasteiger partial charge in [0, 0.05) is 23.6 Å². The second kappa shape index (κ2) is 7.84. The first-order valence-corrected chi connectivity index (χ1v) is 9.07. The molecule has 2 aromatic carbocycles. The smallest absolute Gasteiger partial charge is 0.171 e. The number of hydrogen-bond donors (Lipinski definition) is 1. The zero-order valence-electron chi connectivity index (χ0n) is 15.4. The van der Waals surface area contributed by atoms with Crippen LogP contribution in [0.5, 0.6) is 11.5 Å². The Morgan fingerprint density at radius 3 is 2.75 bits per heavy atom. The number of nitrogens with one attached hydrogen (secondary N) is 1. The molecule has 0 radical (unpaired) electrons. The number of rotatable bonds is 6. The van der Waals surface area contributed by atoms with E-state index in [0.717, 1.165) is 16.9 Å². The molecule has 144 valence electrons. The van der Waals surface area contributed by atoms with Gasteiger partial charge in [-0.05, 0) is 30.2 Å². The number of halogens is 2. The van der Waals surface area contributed by atoms with Crippen LogP contribution in [-0.2, 0) is 13.0 Å². The van der Waals surface area contributed by atoms with Crippen molar-refractivity contribution in [2.45, 2.75) is 18.9 Å². The molecule has 0 aliphatic carbocycles. The quantitative estimate of drug-likeness (QED) is 0.671. The molecule has 0 spiro atoms. The predicted molar refractivity (Wildman–Crippen MR) is 103 cm³/mol. The van der Waals surface area contributed by atoms with Crippen LogP contribution in [0.25, 0.3) is 0 Å². The fraction of sp³-hybridized carbons (Fsp3) is 0.227. The van der Waals surface area contributed by atoms with Crippen molar-refractivity contribution in [3.05, 3.63) is 83.1 Å². The zero-order chi connectivity index (χ0) is 19.5. The third-order valence-electron chi connectivity index (χ3n) is 4.92. The summed E-state index contributed by atoms with van der Waals surface area (Å²) >= 11 is 0. The van der Waals surface area contributed by atoms with Crippen LogP contribution < -0.4 is 14.8 Å². The first-order valence-electron chi connectivity index (χ1n) is 9.07. The summed E-state index contributed by atoms with van der Waals surface area (Å²) in [4.78, 5) is 4.30. The van der Waals surface area contributed by atoms with Crippen LogP contribution in [0.15, 0.2) is 54.7 Å². The number of benzene rings is 2. The lowest BCUT2D eigenvalue weighted by Gasteiger charge is -2.15. The monoisotopic (exact) mass is 382 g/mol. The Morgan fingerprint density at radius 2 is 1.96 bits per heavy atom. The van der Waals surface area contributed by atoms with Gasteiger partial charge in [0.15, 0.2) is 11.6 Å². The second-order valence-corrected chi connectivity index (χ2v) is 6.71. The number of fused-ring (bicyclic) bond motifs is 1. The zero-order valence-corrected chi connectivity index (χ0v) is 15.4. The van der Waals surface area contributed by atoms with E-state index in [9.17, 15) is 8.78 Å². The molecule has 0 amide bonds. The Labute approximate surface area is 162 Å². The van der Waals surface area contributed by atoms with Gasteiger partial charge >= 0.3 is 0 Å². The third-order valence-corrected chi connectivity index (χ3v) is 4.92. The largest absolute Gasteiger partial charge is 0.495 e. The van der Waals surface area contributed by atoms with Gasteiger partial charge < -0.3 is 14.8 Å². The van der Waals surface area contributed by atoms with Crippen LogP contribution >= 0.6 is 0 Å². The SMILES string of the molecule is COc1cnc2c(c1)C(Cc1c(F)ccc(OCc3ccccc3)c1F)CN2. The number of aromatic nitrogens is 1. The van der Waals surface area contributed by atoms with Gasteiger partial charge in [0.25, 0.3) is 0 Å². The molecular weight excluding hydrogens is 362 g/mol. The van der Waals surface area contributed by atoms with Crippen molar-refractivity contribution in [1.29, 1.82) is 0 Å². The summed E-state index contributed by atoms with van der Waals surface area (Å²) in [6, 6.07) is 13.9. The topological polar surface area (TPSA) is 43.4 Å². The van der Waals surface area contributed by atoms with E-state index in [-0.39, 0.29) is 30.3 Å². The molecule has 1 atom stereocenters. The van der Waals surface area contributed by atoms with Crippen molar-refractivity contribution in [3.63, 3.8) is 0 Å². The third kappa shape index (κ3) is 3.63. The van der Waals surface area contributed by atoms with E-state index < -0.39 is 11.6 Å². The molecule has 1 unspecified atom stereocenters. The Bertz CT molecular complexity index is 980. The highest BCUT2D eigenvalue weighted by atomic mass is 19.1. The van der Waals surface area contributed by atoms with Gasteiger partial charge in [0.1, 0.15) is 24.0 Å². The summed E-state index contributed by atoms with van der Waals surface area (Å²) in [5.74, 6) is 0.0618. The van der Waals surface area contributed by atoms with E-state index in [0.29, 0.717) is 12.3 Å². The van der Waals surface area contributed by atoms with E-state index in [4.69, 9.17) is 9.47 Å². The van der Waals surface area contributed by atoms with E-state index in [2.05, 4.69) is 10.3 Å². The highest BCUT2D eigenvalue weighted by molar-refractivity contribution is 5.54. The van der Waals surface area contributed by atoms with E-state index in [1.165, 1.54) is 12.1 Å². The highest BCUT2D eigenvalue weighted by Gasteiger charge is 2.27. The molecular formula is C22H20F2N2O2. The Morgan fingerprint density at radius 1 is 1.14 bits per heavy atom. The van der Waals surface area contributed by atoms with Gasteiger partial charge in [-0.15, -0.1) is 0 Å². The van der Waals surface area contributed by atoms with Gasteiger partial charge in [0.2, 0.25) is 0 Å². The minimum absolute atomic E-state index is 0.0213. The summed E-state index contributed by atoms with van der Waals surface area (Å²) in [5.41, 5.74) is 1.83. The number of pyridine rings is 1. The van der Waals surface area contributed by atoms with Crippen LogP contribution in [0.1, 0.15) is 22.6 Å². The van der Waals surface area contributed by atoms with E-state index >= 15 is 0 Å². The van der Waals surface area contributed by atoms with Crippen LogP contribution in [0.3, 0.4) is 0 Å². The van der Waals surface area contributed by atoms with Crippen molar-refractivity contribution in [1.82, 2.24) is 4.98 Å². The maximum absolute atomic E-state index is 15.0. The summed E-state index contributed by atoms with van der Waals surface area (Å²) in [6.45, 7) is 0.779. The number of hydrogen-bond acceptors (Lipinski definition) is 4. The van der Waals surface area contributed by atoms with E-state index in [1.807, 2.05) is 36.4 Å². The molecule has 3 aromatic rings. The average Bonchev–Trinajstić information content (AvgIpc) is 3.13. The van der Waals surface area contributed by atoms with Gasteiger partial charge in [-0.1, -0.05) is 30.3 Å². The Hall–Kier alpha value is -3.15. The lowest BCUT2D eigenvalue weighted by atomic mass is 9.94. The fourth-order valence-corrected chi connectivity index (χ4v) is 3.40. The molecule has 1 aromatic heterocycles. The lowest BCUT2D eigenvalue weighted by Crippen LogP contribution is -2.10. The molecule has 0 saturated heterocycles. The molecule has 4 nitrogen and oxygen atoms in total. The number of nitrogens with zero attached hydrogens (tertiary/aromatic N) is 1. The molecule has 2 heterocycles. The highest BCUT2D eigenvalue weighted by Crippen LogP contribution is 2.36. The van der Waals surface area contributed by atoms with Crippen LogP contribution in [0.2, 0.25) is 0 Å². The molecule has 0 saturated carbocycles. The van der Waals surface area contributed by atoms with Crippen LogP contribution in [-0.4, -0.2) is 18.6 Å². The van der Waals surface area contributed by atoms with Gasteiger partial charge in [-0.2, -0.15) is 0 Å². The van der Waals surface area contributed by atoms with Crippen molar-refractivity contribution in [2.75, 3.05) is 19.0 Å². The summed E-state index contributed by atoms with van der Waals surface area (Å²) < 4.78 is 40.2. The molecule has 1 aliphatic rings. The molecule has 1 N–H and O–H groups in total. The fourth-order valence-electron chi connectivity index (χ4n) is 3.40. The van der Waals surface area contributed by atoms with Crippen molar-refractivity contribution in [3.8, 4) is 11.5 Å². The summed E-state index contributed by atoms with van der Waals surface area (Å²) in [5, 5.41) is 3.18. The normalized spacial score (nSPS) is 15.0. The minimum atomic E-state index is -0.653. The molecule has 28 heavy (non-hydrogen) atoms. The number of methoxy groups -OCH3 is 1. The molecule has 0 fully saturated rings. The van der Waals surface area contributed by atoms with Gasteiger partial charge in [0.05, 0.1) is 13.3 Å². The standard InChI is InChI=1S/C22H20F2N2O2/c1-27-16-10-17-15(11-25-22(17)26-12-16)9-18-19(23)7-8-20(21(18)24)28-13-14-5-3-2-4-6-14/h2-8,10,12,15H,9,11,13H2,1H3,(H,25,26). The lowest BCUT2D eigenvalue weighted by molar-refractivity contribution is 0.287. The van der Waals surface area contributed by atoms with Gasteiger partial charge in [-0.25, -0.2) is 13.8 Å². The molecule has 6 heteroatoms. The minimum Gasteiger partial charge on any atom is -0.495 e. The second-order valence-electron chi connectivity index (χ2n) is 6.71. The van der Waals surface area contributed by atoms with Crippen molar-refractivity contribution >= 4 is 5.82 Å². The summed E-state index contributed by atoms with van der Waals surface area (Å²) in [7, 11) is 1.56. The maximum atomic E-state index is 15.0. The first kappa shape index (κ1) is 18.2. The average molecular weight is 382 g/mol. The molecule has 4 rings (SSSR count). The molecule has 0 bridgehead atoms. The van der Waals surface area contributed by atoms with Crippen LogP contribution in [0, 0.1) is 11.6 Å². The van der Waals surface area contributed by atoms with Crippen molar-refractivity contribution in [2.24, 2.45) is 0 Å². The maximum Gasteiger partial charge on any atom is 0.171 e. The number of anilines is 1. The Balaban J connectivity index is 1.56. The predicted octanol–water partition coefficient (Wildman–Crippen LogP) is 4.70. The Kier molecular flexibility index (Phi) is 5.10. The van der Waals surface area contributed by atoms with Crippen molar-refractivity contribution < 1.29 is 18.3 Å². The first-order chi connectivity index (χ1) is 13.7.